The Morgan fingerprint density at radius 3 is 2.71 bits per heavy atom. The first-order chi connectivity index (χ1) is 10.1. The molecule has 1 aromatic heterocycles. The second-order valence-corrected chi connectivity index (χ2v) is 4.72. The van der Waals surface area contributed by atoms with Gasteiger partial charge in [-0.05, 0) is 24.1 Å². The van der Waals surface area contributed by atoms with E-state index < -0.39 is 0 Å². The average molecular weight is 290 g/mol. The van der Waals surface area contributed by atoms with E-state index in [-0.39, 0.29) is 5.82 Å². The fraction of sp³-hybridized carbons (Fsp3) is 0.357. The number of aromatic nitrogens is 3. The van der Waals surface area contributed by atoms with Crippen molar-refractivity contribution in [2.24, 2.45) is 12.0 Å². The van der Waals surface area contributed by atoms with Crippen LogP contribution in [0.2, 0.25) is 0 Å². The fourth-order valence-electron chi connectivity index (χ4n) is 1.85. The van der Waals surface area contributed by atoms with Gasteiger partial charge in [0.15, 0.2) is 11.8 Å². The smallest absolute Gasteiger partial charge is 0.191 e. The predicted octanol–water partition coefficient (Wildman–Crippen LogP) is 1.13. The maximum absolute atomic E-state index is 13.2. The molecular weight excluding hydrogens is 271 g/mol. The van der Waals surface area contributed by atoms with Gasteiger partial charge in [0.25, 0.3) is 0 Å². The van der Waals surface area contributed by atoms with Gasteiger partial charge in [0.2, 0.25) is 0 Å². The zero-order chi connectivity index (χ0) is 15.2. The van der Waals surface area contributed by atoms with Crippen LogP contribution in [0.25, 0.3) is 0 Å². The van der Waals surface area contributed by atoms with E-state index in [0.29, 0.717) is 24.6 Å². The van der Waals surface area contributed by atoms with E-state index in [2.05, 4.69) is 25.8 Å². The van der Waals surface area contributed by atoms with Crippen LogP contribution in [-0.2, 0) is 20.1 Å². The van der Waals surface area contributed by atoms with Gasteiger partial charge in [0.1, 0.15) is 12.1 Å². The minimum absolute atomic E-state index is 0.191. The van der Waals surface area contributed by atoms with Crippen LogP contribution in [0, 0.1) is 12.7 Å². The van der Waals surface area contributed by atoms with Gasteiger partial charge in [0.05, 0.1) is 6.54 Å². The molecule has 1 heterocycles. The molecule has 0 unspecified atom stereocenters. The highest BCUT2D eigenvalue weighted by Crippen LogP contribution is 2.08. The molecule has 2 N–H and O–H groups in total. The topological polar surface area (TPSA) is 67.1 Å². The molecule has 0 fully saturated rings. The first kappa shape index (κ1) is 15.0. The lowest BCUT2D eigenvalue weighted by Gasteiger charge is -2.12. The minimum Gasteiger partial charge on any atom is -0.352 e. The van der Waals surface area contributed by atoms with E-state index in [1.165, 1.54) is 6.07 Å². The number of nitrogens with one attached hydrogen (secondary N) is 2. The normalized spacial score (nSPS) is 11.5. The van der Waals surface area contributed by atoms with Crippen molar-refractivity contribution < 1.29 is 4.39 Å². The molecule has 1 aromatic carbocycles. The molecule has 0 aliphatic rings. The number of aryl methyl sites for hydroxylation is 2. The van der Waals surface area contributed by atoms with Crippen molar-refractivity contribution in [3.05, 3.63) is 47.3 Å². The molecule has 0 radical (unpaired) electrons. The summed E-state index contributed by atoms with van der Waals surface area (Å²) < 4.78 is 15.0. The van der Waals surface area contributed by atoms with E-state index in [0.717, 1.165) is 11.4 Å². The summed E-state index contributed by atoms with van der Waals surface area (Å²) in [6.45, 7) is 2.85. The SMILES string of the molecule is CN=C(NCc1ccc(F)c(C)c1)NCc1nncn1C. The highest BCUT2D eigenvalue weighted by molar-refractivity contribution is 5.79. The van der Waals surface area contributed by atoms with Crippen molar-refractivity contribution in [3.63, 3.8) is 0 Å². The van der Waals surface area contributed by atoms with Crippen molar-refractivity contribution >= 4 is 5.96 Å². The lowest BCUT2D eigenvalue weighted by molar-refractivity contribution is 0.617. The van der Waals surface area contributed by atoms with Gasteiger partial charge in [-0.3, -0.25) is 4.99 Å². The van der Waals surface area contributed by atoms with Crippen LogP contribution in [0.15, 0.2) is 29.5 Å². The van der Waals surface area contributed by atoms with E-state index in [1.807, 2.05) is 17.7 Å². The van der Waals surface area contributed by atoms with Gasteiger partial charge < -0.3 is 15.2 Å². The molecule has 0 aliphatic carbocycles. The molecule has 2 aromatic rings. The van der Waals surface area contributed by atoms with Crippen LogP contribution in [0.4, 0.5) is 4.39 Å². The Bertz CT molecular complexity index is 634. The van der Waals surface area contributed by atoms with Crippen LogP contribution in [0.5, 0.6) is 0 Å². The summed E-state index contributed by atoms with van der Waals surface area (Å²) in [7, 11) is 3.58. The molecule has 0 saturated heterocycles. The number of hydrogen-bond acceptors (Lipinski definition) is 3. The number of halogens is 1. The van der Waals surface area contributed by atoms with E-state index in [4.69, 9.17) is 0 Å². The standard InChI is InChI=1S/C14H19FN6/c1-10-6-11(4-5-12(10)15)7-17-14(16-2)18-8-13-20-19-9-21(13)3/h4-6,9H,7-8H2,1-3H3,(H2,16,17,18). The molecule has 0 aliphatic heterocycles. The Balaban J connectivity index is 1.88. The Morgan fingerprint density at radius 2 is 2.10 bits per heavy atom. The highest BCUT2D eigenvalue weighted by atomic mass is 19.1. The highest BCUT2D eigenvalue weighted by Gasteiger charge is 2.04. The van der Waals surface area contributed by atoms with Crippen molar-refractivity contribution in [2.45, 2.75) is 20.0 Å². The maximum Gasteiger partial charge on any atom is 0.191 e. The second-order valence-electron chi connectivity index (χ2n) is 4.72. The Kier molecular flexibility index (Phi) is 4.86. The molecular formula is C14H19FN6. The summed E-state index contributed by atoms with van der Waals surface area (Å²) in [5.41, 5.74) is 1.63. The van der Waals surface area contributed by atoms with Gasteiger partial charge in [-0.15, -0.1) is 10.2 Å². The summed E-state index contributed by atoms with van der Waals surface area (Å²) in [5, 5.41) is 14.1. The number of hydrogen-bond donors (Lipinski definition) is 2. The minimum atomic E-state index is -0.191. The molecule has 0 spiro atoms. The molecule has 2 rings (SSSR count). The van der Waals surface area contributed by atoms with E-state index in [9.17, 15) is 4.39 Å². The van der Waals surface area contributed by atoms with E-state index in [1.54, 1.807) is 26.4 Å². The van der Waals surface area contributed by atoms with Crippen molar-refractivity contribution in [1.29, 1.82) is 0 Å². The Labute approximate surface area is 123 Å². The van der Waals surface area contributed by atoms with Crippen molar-refractivity contribution in [3.8, 4) is 0 Å². The zero-order valence-electron chi connectivity index (χ0n) is 12.4. The van der Waals surface area contributed by atoms with E-state index >= 15 is 0 Å². The summed E-state index contributed by atoms with van der Waals surface area (Å²) in [5.74, 6) is 1.28. The molecule has 0 atom stereocenters. The number of nitrogens with zero attached hydrogens (tertiary/aromatic N) is 4. The summed E-state index contributed by atoms with van der Waals surface area (Å²) in [4.78, 5) is 4.14. The largest absolute Gasteiger partial charge is 0.352 e. The van der Waals surface area contributed by atoms with Gasteiger partial charge >= 0.3 is 0 Å². The molecule has 112 valence electrons. The van der Waals surface area contributed by atoms with Gasteiger partial charge in [0, 0.05) is 20.6 Å². The van der Waals surface area contributed by atoms with Gasteiger partial charge in [-0.1, -0.05) is 12.1 Å². The molecule has 0 amide bonds. The number of aliphatic imine (C=N–C) groups is 1. The number of rotatable bonds is 4. The number of benzene rings is 1. The van der Waals surface area contributed by atoms with Crippen LogP contribution < -0.4 is 10.6 Å². The Morgan fingerprint density at radius 1 is 1.33 bits per heavy atom. The summed E-state index contributed by atoms with van der Waals surface area (Å²) in [6, 6.07) is 5.05. The van der Waals surface area contributed by atoms with Crippen LogP contribution in [-0.4, -0.2) is 27.8 Å². The van der Waals surface area contributed by atoms with Gasteiger partial charge in [-0.25, -0.2) is 4.39 Å². The summed E-state index contributed by atoms with van der Waals surface area (Å²) in [6.07, 6.45) is 1.65. The van der Waals surface area contributed by atoms with Crippen molar-refractivity contribution in [2.75, 3.05) is 7.05 Å². The third-order valence-corrected chi connectivity index (χ3v) is 3.13. The van der Waals surface area contributed by atoms with Crippen LogP contribution in [0.1, 0.15) is 17.0 Å². The third-order valence-electron chi connectivity index (χ3n) is 3.13. The van der Waals surface area contributed by atoms with Crippen molar-refractivity contribution in [1.82, 2.24) is 25.4 Å². The first-order valence-corrected chi connectivity index (χ1v) is 6.62. The molecule has 21 heavy (non-hydrogen) atoms. The molecule has 0 saturated carbocycles. The first-order valence-electron chi connectivity index (χ1n) is 6.62. The summed E-state index contributed by atoms with van der Waals surface area (Å²) >= 11 is 0. The lowest BCUT2D eigenvalue weighted by Crippen LogP contribution is -2.36. The Hall–Kier alpha value is -2.44. The predicted molar refractivity (Wildman–Crippen MR) is 79.2 cm³/mol. The van der Waals surface area contributed by atoms with Crippen LogP contribution >= 0.6 is 0 Å². The molecule has 6 nitrogen and oxygen atoms in total. The second kappa shape index (κ2) is 6.83. The monoisotopic (exact) mass is 290 g/mol. The van der Waals surface area contributed by atoms with Gasteiger partial charge in [-0.2, -0.15) is 0 Å². The van der Waals surface area contributed by atoms with Crippen LogP contribution in [0.3, 0.4) is 0 Å². The fourth-order valence-corrected chi connectivity index (χ4v) is 1.85. The average Bonchev–Trinajstić information content (AvgIpc) is 2.88. The zero-order valence-corrected chi connectivity index (χ0v) is 12.4. The lowest BCUT2D eigenvalue weighted by atomic mass is 10.1. The molecule has 7 heteroatoms. The molecule has 0 bridgehead atoms. The quantitative estimate of drug-likeness (QED) is 0.654. The third kappa shape index (κ3) is 4.01. The number of guanidine groups is 1. The maximum atomic E-state index is 13.2.